The van der Waals surface area contributed by atoms with E-state index < -0.39 is 0 Å². The minimum atomic E-state index is 0.168. The minimum Gasteiger partial charge on any atom is -0.357 e. The Bertz CT molecular complexity index is 443. The number of anilines is 1. The van der Waals surface area contributed by atoms with Crippen LogP contribution in [0.5, 0.6) is 0 Å². The van der Waals surface area contributed by atoms with Gasteiger partial charge in [0.25, 0.3) is 0 Å². The number of fused-ring (bicyclic) bond motifs is 1. The molecule has 1 aromatic rings. The van der Waals surface area contributed by atoms with E-state index in [1.807, 2.05) is 36.4 Å². The van der Waals surface area contributed by atoms with E-state index in [-0.39, 0.29) is 5.57 Å². The second-order valence-corrected chi connectivity index (χ2v) is 3.04. The van der Waals surface area contributed by atoms with Crippen molar-refractivity contribution in [2.75, 3.05) is 5.32 Å². The normalized spacial score (nSPS) is 12.3. The summed E-state index contributed by atoms with van der Waals surface area (Å²) >= 11 is 0. The monoisotopic (exact) mass is 181 g/mol. The summed E-state index contributed by atoms with van der Waals surface area (Å²) in [6.07, 6.45) is 0.645. The van der Waals surface area contributed by atoms with Gasteiger partial charge in [0.2, 0.25) is 0 Å². The van der Waals surface area contributed by atoms with Crippen molar-refractivity contribution in [3.05, 3.63) is 41.1 Å². The van der Waals surface area contributed by atoms with Crippen LogP contribution >= 0.6 is 0 Å². The lowest BCUT2D eigenvalue weighted by Gasteiger charge is -1.97. The molecule has 1 aromatic carbocycles. The van der Waals surface area contributed by atoms with Crippen molar-refractivity contribution < 1.29 is 0 Å². The van der Waals surface area contributed by atoms with Crippen LogP contribution in [0.1, 0.15) is 5.56 Å². The maximum atomic E-state index is 8.70. The number of para-hydroxylation sites is 1. The lowest BCUT2D eigenvalue weighted by molar-refractivity contribution is 1.22. The van der Waals surface area contributed by atoms with Crippen LogP contribution in [0.25, 0.3) is 0 Å². The molecule has 0 fully saturated rings. The van der Waals surface area contributed by atoms with E-state index in [1.165, 1.54) is 0 Å². The summed E-state index contributed by atoms with van der Waals surface area (Å²) < 4.78 is 0. The molecule has 2 rings (SSSR count). The third kappa shape index (κ3) is 1.22. The van der Waals surface area contributed by atoms with E-state index in [1.54, 1.807) is 0 Å². The molecule has 66 valence electrons. The highest BCUT2D eigenvalue weighted by Gasteiger charge is 2.17. The molecule has 1 N–H and O–H groups in total. The molecule has 0 amide bonds. The third-order valence-electron chi connectivity index (χ3n) is 2.20. The van der Waals surface area contributed by atoms with Gasteiger partial charge in [-0.3, -0.25) is 0 Å². The van der Waals surface area contributed by atoms with Gasteiger partial charge in [-0.1, -0.05) is 18.2 Å². The summed E-state index contributed by atoms with van der Waals surface area (Å²) in [6, 6.07) is 11.6. The van der Waals surface area contributed by atoms with E-state index in [0.717, 1.165) is 11.3 Å². The SMILES string of the molecule is N#CC(C#N)=C1Cc2ccccc2N1. The molecule has 0 spiro atoms. The first-order valence-corrected chi connectivity index (χ1v) is 4.23. The van der Waals surface area contributed by atoms with Crippen LogP contribution in [0, 0.1) is 22.7 Å². The predicted molar refractivity (Wildman–Crippen MR) is 52.0 cm³/mol. The van der Waals surface area contributed by atoms with Crippen molar-refractivity contribution in [3.8, 4) is 12.1 Å². The van der Waals surface area contributed by atoms with E-state index in [2.05, 4.69) is 5.32 Å². The Balaban J connectivity index is 2.43. The number of benzene rings is 1. The zero-order chi connectivity index (χ0) is 9.97. The van der Waals surface area contributed by atoms with Crippen molar-refractivity contribution in [1.82, 2.24) is 0 Å². The van der Waals surface area contributed by atoms with E-state index in [9.17, 15) is 0 Å². The van der Waals surface area contributed by atoms with E-state index in [4.69, 9.17) is 10.5 Å². The predicted octanol–water partition coefficient (Wildman–Crippen LogP) is 1.96. The van der Waals surface area contributed by atoms with E-state index in [0.29, 0.717) is 12.1 Å². The van der Waals surface area contributed by atoms with Gasteiger partial charge in [0.05, 0.1) is 0 Å². The van der Waals surface area contributed by atoms with Crippen LogP contribution in [0.3, 0.4) is 0 Å². The number of rotatable bonds is 0. The third-order valence-corrected chi connectivity index (χ3v) is 2.20. The molecule has 14 heavy (non-hydrogen) atoms. The fourth-order valence-corrected chi connectivity index (χ4v) is 1.50. The molecule has 0 radical (unpaired) electrons. The lowest BCUT2D eigenvalue weighted by Crippen LogP contribution is -1.95. The Morgan fingerprint density at radius 3 is 2.57 bits per heavy atom. The summed E-state index contributed by atoms with van der Waals surface area (Å²) in [5, 5.41) is 20.5. The van der Waals surface area contributed by atoms with Crippen molar-refractivity contribution in [2.24, 2.45) is 0 Å². The summed E-state index contributed by atoms with van der Waals surface area (Å²) in [4.78, 5) is 0. The molecule has 0 saturated heterocycles. The van der Waals surface area contributed by atoms with Gasteiger partial charge in [-0.05, 0) is 11.6 Å². The smallest absolute Gasteiger partial charge is 0.149 e. The Morgan fingerprint density at radius 1 is 1.21 bits per heavy atom. The van der Waals surface area contributed by atoms with Gasteiger partial charge in [0, 0.05) is 17.8 Å². The van der Waals surface area contributed by atoms with Gasteiger partial charge in [0.1, 0.15) is 17.7 Å². The number of nitriles is 2. The summed E-state index contributed by atoms with van der Waals surface area (Å²) in [5.74, 6) is 0. The quantitative estimate of drug-likeness (QED) is 0.622. The highest BCUT2D eigenvalue weighted by Crippen LogP contribution is 2.28. The summed E-state index contributed by atoms with van der Waals surface area (Å²) in [5.41, 5.74) is 2.99. The van der Waals surface area contributed by atoms with Gasteiger partial charge >= 0.3 is 0 Å². The number of allylic oxidation sites excluding steroid dienone is 2. The summed E-state index contributed by atoms with van der Waals surface area (Å²) in [7, 11) is 0. The molecule has 1 aliphatic heterocycles. The Labute approximate surface area is 81.9 Å². The van der Waals surface area contributed by atoms with Crippen LogP contribution in [0.15, 0.2) is 35.5 Å². The highest BCUT2D eigenvalue weighted by molar-refractivity contribution is 5.65. The molecule has 3 heteroatoms. The molecular formula is C11H7N3. The number of hydrogen-bond acceptors (Lipinski definition) is 3. The number of hydrogen-bond donors (Lipinski definition) is 1. The number of nitrogens with one attached hydrogen (secondary N) is 1. The van der Waals surface area contributed by atoms with Crippen molar-refractivity contribution >= 4 is 5.69 Å². The molecule has 0 bridgehead atoms. The molecule has 0 aliphatic carbocycles. The Hall–Kier alpha value is -2.26. The minimum absolute atomic E-state index is 0.168. The molecule has 0 aromatic heterocycles. The maximum absolute atomic E-state index is 8.70. The first-order valence-electron chi connectivity index (χ1n) is 4.23. The standard InChI is InChI=1S/C11H7N3/c12-6-9(7-13)11-5-8-3-1-2-4-10(8)14-11/h1-4,14H,5H2. The molecule has 1 aliphatic rings. The topological polar surface area (TPSA) is 59.6 Å². The summed E-state index contributed by atoms with van der Waals surface area (Å²) in [6.45, 7) is 0. The average molecular weight is 181 g/mol. The molecular weight excluding hydrogens is 174 g/mol. The second kappa shape index (κ2) is 3.24. The Morgan fingerprint density at radius 2 is 1.93 bits per heavy atom. The van der Waals surface area contributed by atoms with Gasteiger partial charge in [-0.2, -0.15) is 10.5 Å². The van der Waals surface area contributed by atoms with Gasteiger partial charge < -0.3 is 5.32 Å². The molecule has 0 atom stereocenters. The average Bonchev–Trinajstić information content (AvgIpc) is 2.63. The maximum Gasteiger partial charge on any atom is 0.149 e. The fourth-order valence-electron chi connectivity index (χ4n) is 1.50. The van der Waals surface area contributed by atoms with Gasteiger partial charge in [-0.25, -0.2) is 0 Å². The lowest BCUT2D eigenvalue weighted by atomic mass is 10.1. The van der Waals surface area contributed by atoms with Gasteiger partial charge in [0.15, 0.2) is 0 Å². The largest absolute Gasteiger partial charge is 0.357 e. The van der Waals surface area contributed by atoms with Crippen LogP contribution in [0.4, 0.5) is 5.69 Å². The molecule has 3 nitrogen and oxygen atoms in total. The Kier molecular flexibility index (Phi) is 1.93. The van der Waals surface area contributed by atoms with Gasteiger partial charge in [-0.15, -0.1) is 0 Å². The van der Waals surface area contributed by atoms with Crippen molar-refractivity contribution in [1.29, 1.82) is 10.5 Å². The first kappa shape index (κ1) is 8.34. The highest BCUT2D eigenvalue weighted by atomic mass is 14.9. The molecule has 0 saturated carbocycles. The zero-order valence-corrected chi connectivity index (χ0v) is 7.41. The fraction of sp³-hybridized carbons (Fsp3) is 0.0909. The molecule has 0 unspecified atom stereocenters. The van der Waals surface area contributed by atoms with Crippen molar-refractivity contribution in [3.63, 3.8) is 0 Å². The van der Waals surface area contributed by atoms with Crippen LogP contribution in [-0.2, 0) is 6.42 Å². The molecule has 1 heterocycles. The second-order valence-electron chi connectivity index (χ2n) is 3.04. The van der Waals surface area contributed by atoms with Crippen molar-refractivity contribution in [2.45, 2.75) is 6.42 Å². The van der Waals surface area contributed by atoms with E-state index >= 15 is 0 Å². The van der Waals surface area contributed by atoms with Crippen LogP contribution in [-0.4, -0.2) is 0 Å². The number of nitrogens with zero attached hydrogens (tertiary/aromatic N) is 2. The van der Waals surface area contributed by atoms with Crippen LogP contribution < -0.4 is 5.32 Å². The first-order chi connectivity index (χ1) is 6.85. The zero-order valence-electron chi connectivity index (χ0n) is 7.41. The van der Waals surface area contributed by atoms with Crippen LogP contribution in [0.2, 0.25) is 0 Å².